The lowest BCUT2D eigenvalue weighted by Gasteiger charge is -2.14. The van der Waals surface area contributed by atoms with E-state index in [-0.39, 0.29) is 0 Å². The van der Waals surface area contributed by atoms with Crippen LogP contribution in [0.4, 0.5) is 0 Å². The number of hydrogen-bond donors (Lipinski definition) is 0. The number of rotatable bonds is 1. The van der Waals surface area contributed by atoms with E-state index in [4.69, 9.17) is 0 Å². The third-order valence-corrected chi connectivity index (χ3v) is 6.76. The molecule has 0 atom stereocenters. The molecule has 1 aromatic heterocycles. The Morgan fingerprint density at radius 2 is 1.22 bits per heavy atom. The van der Waals surface area contributed by atoms with Gasteiger partial charge in [-0.1, -0.05) is 78.9 Å². The van der Waals surface area contributed by atoms with E-state index >= 15 is 0 Å². The van der Waals surface area contributed by atoms with Gasteiger partial charge in [0.1, 0.15) is 0 Å². The van der Waals surface area contributed by atoms with Crippen LogP contribution in [0.15, 0.2) is 109 Å². The zero-order valence-electron chi connectivity index (χ0n) is 17.8. The summed E-state index contributed by atoms with van der Waals surface area (Å²) in [6.45, 7) is 2.20. The first-order chi connectivity index (χ1) is 15.8. The zero-order valence-corrected chi connectivity index (χ0v) is 17.8. The maximum Gasteiger partial charge on any atom is 0.0620 e. The van der Waals surface area contributed by atoms with E-state index in [1.165, 1.54) is 66.4 Å². The second-order valence-corrected chi connectivity index (χ2v) is 8.70. The van der Waals surface area contributed by atoms with E-state index in [1.54, 1.807) is 0 Å². The van der Waals surface area contributed by atoms with Crippen molar-refractivity contribution in [2.75, 3.05) is 0 Å². The Morgan fingerprint density at radius 3 is 2.06 bits per heavy atom. The Hall–Kier alpha value is -4.10. The summed E-state index contributed by atoms with van der Waals surface area (Å²) in [7, 11) is 0. The molecule has 7 rings (SSSR count). The van der Waals surface area contributed by atoms with Crippen LogP contribution >= 0.6 is 0 Å². The lowest BCUT2D eigenvalue weighted by Crippen LogP contribution is -1.96. The molecule has 0 spiro atoms. The fourth-order valence-corrected chi connectivity index (χ4v) is 5.41. The predicted molar refractivity (Wildman–Crippen MR) is 135 cm³/mol. The van der Waals surface area contributed by atoms with Crippen molar-refractivity contribution < 1.29 is 0 Å². The van der Waals surface area contributed by atoms with Gasteiger partial charge in [0.05, 0.1) is 16.7 Å². The fourth-order valence-electron chi connectivity index (χ4n) is 5.41. The molecule has 0 bridgehead atoms. The van der Waals surface area contributed by atoms with Crippen molar-refractivity contribution in [1.82, 2.24) is 4.57 Å². The minimum Gasteiger partial charge on any atom is -0.308 e. The molecule has 0 saturated heterocycles. The van der Waals surface area contributed by atoms with E-state index in [0.29, 0.717) is 0 Å². The molecule has 0 amide bonds. The monoisotopic (exact) mass is 407 g/mol. The normalized spacial score (nSPS) is 11.9. The molecule has 0 aliphatic carbocycles. The van der Waals surface area contributed by atoms with Gasteiger partial charge in [-0.3, -0.25) is 0 Å². The molecule has 1 nitrogen and oxygen atoms in total. The van der Waals surface area contributed by atoms with Gasteiger partial charge in [0.25, 0.3) is 0 Å². The summed E-state index contributed by atoms with van der Waals surface area (Å²) in [5, 5.41) is 2.63. The van der Waals surface area contributed by atoms with Crippen molar-refractivity contribution in [1.29, 1.82) is 0 Å². The number of para-hydroxylation sites is 1. The molecule has 0 saturated carbocycles. The van der Waals surface area contributed by atoms with Crippen molar-refractivity contribution in [2.24, 2.45) is 0 Å². The van der Waals surface area contributed by atoms with Crippen LogP contribution in [0.1, 0.15) is 5.56 Å². The van der Waals surface area contributed by atoms with Crippen molar-refractivity contribution in [2.45, 2.75) is 6.92 Å². The van der Waals surface area contributed by atoms with Crippen LogP contribution in [0.3, 0.4) is 0 Å². The number of aryl methyl sites for hydroxylation is 1. The second-order valence-electron chi connectivity index (χ2n) is 8.70. The standard InChI is InChI=1S/C31H21N/c1-20-17-27-24-12-6-5-11-23(24)26-19-22(21-9-3-2-4-10-21)15-16-30(26)32-29-14-8-7-13-25(29)28(18-20)31(27)32/h2-19H,1H3. The molecular weight excluding hydrogens is 386 g/mol. The van der Waals surface area contributed by atoms with E-state index in [0.717, 1.165) is 0 Å². The maximum absolute atomic E-state index is 2.48. The summed E-state index contributed by atoms with van der Waals surface area (Å²) in [5.41, 5.74) is 12.8. The van der Waals surface area contributed by atoms with Gasteiger partial charge in [-0.2, -0.15) is 0 Å². The van der Waals surface area contributed by atoms with Crippen LogP contribution in [0, 0.1) is 6.92 Å². The van der Waals surface area contributed by atoms with Crippen LogP contribution < -0.4 is 0 Å². The summed E-state index contributed by atoms with van der Waals surface area (Å²) in [5.74, 6) is 0. The molecule has 150 valence electrons. The molecule has 0 unspecified atom stereocenters. The maximum atomic E-state index is 2.48. The molecule has 0 fully saturated rings. The smallest absolute Gasteiger partial charge is 0.0620 e. The quantitative estimate of drug-likeness (QED) is 0.257. The third kappa shape index (κ3) is 2.34. The summed E-state index contributed by atoms with van der Waals surface area (Å²) >= 11 is 0. The highest BCUT2D eigenvalue weighted by Gasteiger charge is 2.24. The zero-order chi connectivity index (χ0) is 21.2. The number of aromatic nitrogens is 1. The first kappa shape index (κ1) is 17.6. The van der Waals surface area contributed by atoms with Crippen LogP contribution in [-0.4, -0.2) is 4.57 Å². The fraction of sp³-hybridized carbons (Fsp3) is 0.0323. The number of nitrogens with zero attached hydrogens (tertiary/aromatic N) is 1. The molecule has 32 heavy (non-hydrogen) atoms. The Balaban J connectivity index is 1.69. The molecule has 1 aliphatic rings. The predicted octanol–water partition coefficient (Wildman–Crippen LogP) is 8.41. The lowest BCUT2D eigenvalue weighted by molar-refractivity contribution is 1.19. The van der Waals surface area contributed by atoms with Crippen molar-refractivity contribution in [3.8, 4) is 39.1 Å². The summed E-state index contributed by atoms with van der Waals surface area (Å²) in [6, 6.07) is 39.9. The van der Waals surface area contributed by atoms with Gasteiger partial charge in [0.15, 0.2) is 0 Å². The van der Waals surface area contributed by atoms with E-state index in [1.807, 2.05) is 0 Å². The van der Waals surface area contributed by atoms with Crippen molar-refractivity contribution >= 4 is 21.8 Å². The highest BCUT2D eigenvalue weighted by Crippen LogP contribution is 2.47. The lowest BCUT2D eigenvalue weighted by atomic mass is 9.91. The van der Waals surface area contributed by atoms with Gasteiger partial charge < -0.3 is 4.57 Å². The van der Waals surface area contributed by atoms with Gasteiger partial charge >= 0.3 is 0 Å². The molecule has 0 radical (unpaired) electrons. The Bertz CT molecular complexity index is 1670. The molecule has 5 aromatic carbocycles. The molecule has 6 aromatic rings. The SMILES string of the molecule is Cc1cc2c3c(c1)c1ccccc1n3-c1ccc(-c3ccccc3)cc1-c1ccccc1-2. The molecule has 1 aliphatic heterocycles. The van der Waals surface area contributed by atoms with Gasteiger partial charge in [-0.05, 0) is 65.1 Å². The Labute approximate surface area is 187 Å². The summed E-state index contributed by atoms with van der Waals surface area (Å²) < 4.78 is 2.48. The molecule has 0 N–H and O–H groups in total. The van der Waals surface area contributed by atoms with Crippen LogP contribution in [0.5, 0.6) is 0 Å². The van der Waals surface area contributed by atoms with Crippen molar-refractivity contribution in [3.63, 3.8) is 0 Å². The van der Waals surface area contributed by atoms with Gasteiger partial charge in [-0.25, -0.2) is 0 Å². The van der Waals surface area contributed by atoms with E-state index < -0.39 is 0 Å². The number of benzene rings is 5. The van der Waals surface area contributed by atoms with Gasteiger partial charge in [-0.15, -0.1) is 0 Å². The first-order valence-corrected chi connectivity index (χ1v) is 11.1. The first-order valence-electron chi connectivity index (χ1n) is 11.1. The average Bonchev–Trinajstić information content (AvgIpc) is 3.11. The summed E-state index contributed by atoms with van der Waals surface area (Å²) in [4.78, 5) is 0. The number of fused-ring (bicyclic) bond motifs is 8. The van der Waals surface area contributed by atoms with Crippen LogP contribution in [0.2, 0.25) is 0 Å². The highest BCUT2D eigenvalue weighted by molar-refractivity contribution is 6.16. The van der Waals surface area contributed by atoms with Gasteiger partial charge in [0, 0.05) is 21.9 Å². The molecular formula is C31H21N. The van der Waals surface area contributed by atoms with E-state index in [9.17, 15) is 0 Å². The van der Waals surface area contributed by atoms with Crippen LogP contribution in [-0.2, 0) is 0 Å². The number of hydrogen-bond acceptors (Lipinski definition) is 0. The second kappa shape index (κ2) is 6.45. The largest absolute Gasteiger partial charge is 0.308 e. The van der Waals surface area contributed by atoms with E-state index in [2.05, 4.69) is 121 Å². The summed E-state index contributed by atoms with van der Waals surface area (Å²) in [6.07, 6.45) is 0. The third-order valence-electron chi connectivity index (χ3n) is 6.76. The molecule has 2 heterocycles. The Morgan fingerprint density at radius 1 is 0.500 bits per heavy atom. The Kier molecular flexibility index (Phi) is 3.54. The van der Waals surface area contributed by atoms with Gasteiger partial charge in [0.2, 0.25) is 0 Å². The highest BCUT2D eigenvalue weighted by atomic mass is 15.0. The average molecular weight is 408 g/mol. The molecule has 1 heteroatoms. The minimum absolute atomic E-state index is 1.24. The van der Waals surface area contributed by atoms with Crippen molar-refractivity contribution in [3.05, 3.63) is 115 Å². The van der Waals surface area contributed by atoms with Crippen LogP contribution in [0.25, 0.3) is 60.9 Å². The minimum atomic E-state index is 1.24. The topological polar surface area (TPSA) is 4.93 Å².